The minimum atomic E-state index is 0.0880. The first-order chi connectivity index (χ1) is 8.62. The van der Waals surface area contributed by atoms with Crippen LogP contribution in [0.25, 0.3) is 0 Å². The van der Waals surface area contributed by atoms with Crippen LogP contribution in [0.15, 0.2) is 0 Å². The molecule has 1 fully saturated rings. The van der Waals surface area contributed by atoms with Crippen LogP contribution < -0.4 is 5.73 Å². The van der Waals surface area contributed by atoms with Gasteiger partial charge in [0.05, 0.1) is 12.2 Å². The molecule has 2 heteroatoms. The predicted octanol–water partition coefficient (Wildman–Crippen LogP) is 4.23. The first-order valence-corrected chi connectivity index (χ1v) is 8.04. The van der Waals surface area contributed by atoms with Gasteiger partial charge >= 0.3 is 0 Å². The van der Waals surface area contributed by atoms with Gasteiger partial charge in [0.1, 0.15) is 0 Å². The average molecular weight is 269 g/mol. The fourth-order valence-corrected chi connectivity index (χ4v) is 3.58. The Hall–Kier alpha value is -0.0800. The lowest BCUT2D eigenvalue weighted by Crippen LogP contribution is -2.48. The maximum Gasteiger partial charge on any atom is 0.0775 e. The van der Waals surface area contributed by atoms with Crippen LogP contribution in [-0.4, -0.2) is 18.2 Å². The average Bonchev–Trinajstić information content (AvgIpc) is 2.23. The van der Waals surface area contributed by atoms with Crippen molar-refractivity contribution in [1.82, 2.24) is 0 Å². The van der Waals surface area contributed by atoms with Crippen LogP contribution in [0.3, 0.4) is 0 Å². The monoisotopic (exact) mass is 269 g/mol. The van der Waals surface area contributed by atoms with E-state index in [1.165, 1.54) is 19.3 Å². The standard InChI is InChI=1S/C17H35NO/c1-11(2)14-9-8-12(3)10-15(14)19-16(13(4)18)17(5,6)7/h11-16H,8-10,18H2,1-7H3. The third-order valence-corrected chi connectivity index (χ3v) is 4.61. The molecule has 1 rings (SSSR count). The second-order valence-corrected chi connectivity index (χ2v) is 8.15. The molecule has 0 aromatic carbocycles. The highest BCUT2D eigenvalue weighted by molar-refractivity contribution is 4.87. The van der Waals surface area contributed by atoms with Gasteiger partial charge in [-0.25, -0.2) is 0 Å². The maximum absolute atomic E-state index is 6.54. The van der Waals surface area contributed by atoms with E-state index in [0.717, 1.165) is 5.92 Å². The molecule has 0 amide bonds. The summed E-state index contributed by atoms with van der Waals surface area (Å²) in [6, 6.07) is 0.0880. The summed E-state index contributed by atoms with van der Waals surface area (Å²) in [5, 5.41) is 0. The van der Waals surface area contributed by atoms with E-state index in [1.807, 2.05) is 0 Å². The zero-order chi connectivity index (χ0) is 14.8. The third-order valence-electron chi connectivity index (χ3n) is 4.61. The summed E-state index contributed by atoms with van der Waals surface area (Å²) in [6.07, 6.45) is 4.38. The van der Waals surface area contributed by atoms with Gasteiger partial charge in [-0.2, -0.15) is 0 Å². The van der Waals surface area contributed by atoms with E-state index >= 15 is 0 Å². The Morgan fingerprint density at radius 1 is 1.11 bits per heavy atom. The summed E-state index contributed by atoms with van der Waals surface area (Å²) >= 11 is 0. The molecule has 0 aromatic rings. The normalized spacial score (nSPS) is 32.4. The Morgan fingerprint density at radius 3 is 2.11 bits per heavy atom. The third kappa shape index (κ3) is 4.75. The molecular formula is C17H35NO. The number of ether oxygens (including phenoxy) is 1. The van der Waals surface area contributed by atoms with Crippen molar-refractivity contribution in [3.8, 4) is 0 Å². The minimum absolute atomic E-state index is 0.0880. The maximum atomic E-state index is 6.54. The van der Waals surface area contributed by atoms with Crippen molar-refractivity contribution in [3.63, 3.8) is 0 Å². The lowest BCUT2D eigenvalue weighted by Gasteiger charge is -2.43. The van der Waals surface area contributed by atoms with Crippen LogP contribution in [0.4, 0.5) is 0 Å². The minimum Gasteiger partial charge on any atom is -0.373 e. The Kier molecular flexibility index (Phi) is 5.88. The highest BCUT2D eigenvalue weighted by Gasteiger charge is 2.37. The highest BCUT2D eigenvalue weighted by Crippen LogP contribution is 2.38. The molecular weight excluding hydrogens is 234 g/mol. The molecule has 0 heterocycles. The van der Waals surface area contributed by atoms with E-state index in [0.29, 0.717) is 17.9 Å². The summed E-state index contributed by atoms with van der Waals surface area (Å²) in [7, 11) is 0. The van der Waals surface area contributed by atoms with Gasteiger partial charge in [0.2, 0.25) is 0 Å². The number of rotatable bonds is 4. The molecule has 0 radical (unpaired) electrons. The zero-order valence-corrected chi connectivity index (χ0v) is 14.1. The quantitative estimate of drug-likeness (QED) is 0.829. The molecule has 2 N–H and O–H groups in total. The van der Waals surface area contributed by atoms with Gasteiger partial charge in [0, 0.05) is 6.04 Å². The molecule has 0 aromatic heterocycles. The van der Waals surface area contributed by atoms with E-state index in [9.17, 15) is 0 Å². The molecule has 114 valence electrons. The molecule has 2 nitrogen and oxygen atoms in total. The zero-order valence-electron chi connectivity index (χ0n) is 14.1. The Labute approximate surface area is 120 Å². The van der Waals surface area contributed by atoms with Crippen LogP contribution in [0, 0.1) is 23.2 Å². The first-order valence-electron chi connectivity index (χ1n) is 8.04. The smallest absolute Gasteiger partial charge is 0.0775 e. The van der Waals surface area contributed by atoms with Crippen molar-refractivity contribution in [2.45, 2.75) is 86.0 Å². The van der Waals surface area contributed by atoms with Gasteiger partial charge in [-0.3, -0.25) is 0 Å². The van der Waals surface area contributed by atoms with Crippen molar-refractivity contribution in [2.75, 3.05) is 0 Å². The van der Waals surface area contributed by atoms with E-state index in [2.05, 4.69) is 48.5 Å². The fraction of sp³-hybridized carbons (Fsp3) is 1.00. The molecule has 1 aliphatic rings. The molecule has 0 spiro atoms. The molecule has 1 aliphatic carbocycles. The topological polar surface area (TPSA) is 35.2 Å². The molecule has 5 atom stereocenters. The summed E-state index contributed by atoms with van der Waals surface area (Å²) in [4.78, 5) is 0. The second kappa shape index (κ2) is 6.58. The van der Waals surface area contributed by atoms with Gasteiger partial charge in [0.25, 0.3) is 0 Å². The summed E-state index contributed by atoms with van der Waals surface area (Å²) < 4.78 is 6.54. The number of nitrogens with two attached hydrogens (primary N) is 1. The van der Waals surface area contributed by atoms with Gasteiger partial charge in [-0.05, 0) is 42.9 Å². The summed E-state index contributed by atoms with van der Waals surface area (Å²) in [6.45, 7) is 15.8. The molecule has 1 saturated carbocycles. The molecule has 0 aliphatic heterocycles. The Morgan fingerprint density at radius 2 is 1.68 bits per heavy atom. The van der Waals surface area contributed by atoms with Crippen molar-refractivity contribution >= 4 is 0 Å². The Balaban J connectivity index is 2.79. The number of hydrogen-bond acceptors (Lipinski definition) is 2. The number of hydrogen-bond donors (Lipinski definition) is 1. The Bertz CT molecular complexity index is 267. The van der Waals surface area contributed by atoms with Crippen molar-refractivity contribution in [1.29, 1.82) is 0 Å². The van der Waals surface area contributed by atoms with Crippen molar-refractivity contribution < 1.29 is 4.74 Å². The van der Waals surface area contributed by atoms with Crippen LogP contribution >= 0.6 is 0 Å². The lowest BCUT2D eigenvalue weighted by molar-refractivity contribution is -0.122. The van der Waals surface area contributed by atoms with E-state index in [4.69, 9.17) is 10.5 Å². The van der Waals surface area contributed by atoms with E-state index in [-0.39, 0.29) is 17.6 Å². The predicted molar refractivity (Wildman–Crippen MR) is 83.1 cm³/mol. The van der Waals surface area contributed by atoms with Crippen LogP contribution in [0.5, 0.6) is 0 Å². The molecule has 5 unspecified atom stereocenters. The molecule has 0 bridgehead atoms. The largest absolute Gasteiger partial charge is 0.373 e. The molecule has 0 saturated heterocycles. The van der Waals surface area contributed by atoms with E-state index < -0.39 is 0 Å². The van der Waals surface area contributed by atoms with E-state index in [1.54, 1.807) is 0 Å². The van der Waals surface area contributed by atoms with Gasteiger partial charge in [-0.15, -0.1) is 0 Å². The highest BCUT2D eigenvalue weighted by atomic mass is 16.5. The van der Waals surface area contributed by atoms with Crippen LogP contribution in [-0.2, 0) is 4.74 Å². The van der Waals surface area contributed by atoms with Gasteiger partial charge in [0.15, 0.2) is 0 Å². The van der Waals surface area contributed by atoms with Crippen LogP contribution in [0.1, 0.15) is 67.7 Å². The summed E-state index contributed by atoms with van der Waals surface area (Å²) in [5.41, 5.74) is 6.28. The first kappa shape index (κ1) is 17.0. The van der Waals surface area contributed by atoms with Crippen molar-refractivity contribution in [2.24, 2.45) is 28.9 Å². The fourth-order valence-electron chi connectivity index (χ4n) is 3.58. The van der Waals surface area contributed by atoms with Crippen molar-refractivity contribution in [3.05, 3.63) is 0 Å². The second-order valence-electron chi connectivity index (χ2n) is 8.15. The van der Waals surface area contributed by atoms with Crippen LogP contribution in [0.2, 0.25) is 0 Å². The van der Waals surface area contributed by atoms with Gasteiger partial charge < -0.3 is 10.5 Å². The lowest BCUT2D eigenvalue weighted by atomic mass is 9.75. The molecule has 19 heavy (non-hydrogen) atoms. The SMILES string of the molecule is CC1CCC(C(C)C)C(OC(C(C)N)C(C)(C)C)C1. The summed E-state index contributed by atoms with van der Waals surface area (Å²) in [5.74, 6) is 2.18. The van der Waals surface area contributed by atoms with Gasteiger partial charge in [-0.1, -0.05) is 48.0 Å².